The van der Waals surface area contributed by atoms with E-state index in [4.69, 9.17) is 0 Å². The molecule has 0 saturated carbocycles. The van der Waals surface area contributed by atoms with Gasteiger partial charge in [-0.05, 0) is 49.2 Å². The maximum atomic E-state index is 13.3. The van der Waals surface area contributed by atoms with E-state index in [1.807, 2.05) is 24.3 Å². The molecule has 0 atom stereocenters. The van der Waals surface area contributed by atoms with Crippen molar-refractivity contribution in [3.8, 4) is 0 Å². The molecular formula is C28H23N3O2. The van der Waals surface area contributed by atoms with Crippen molar-refractivity contribution in [1.82, 2.24) is 14.9 Å². The Bertz CT molecular complexity index is 1460. The van der Waals surface area contributed by atoms with E-state index in [2.05, 4.69) is 48.1 Å². The first-order chi connectivity index (χ1) is 16.0. The molecule has 0 saturated heterocycles. The summed E-state index contributed by atoms with van der Waals surface area (Å²) in [7, 11) is 0. The highest BCUT2D eigenvalue weighted by Gasteiger charge is 2.38. The molecule has 0 spiro atoms. The Labute approximate surface area is 191 Å². The molecule has 3 heterocycles. The molecule has 162 valence electrons. The van der Waals surface area contributed by atoms with Crippen LogP contribution in [0, 0.1) is 13.8 Å². The van der Waals surface area contributed by atoms with Gasteiger partial charge in [0.1, 0.15) is 0 Å². The third-order valence-electron chi connectivity index (χ3n) is 6.83. The van der Waals surface area contributed by atoms with Gasteiger partial charge in [-0.1, -0.05) is 48.5 Å². The Kier molecular flexibility index (Phi) is 4.27. The van der Waals surface area contributed by atoms with Crippen LogP contribution in [0.3, 0.4) is 0 Å². The molecule has 1 aliphatic rings. The topological polar surface area (TPSA) is 69.0 Å². The Balaban J connectivity index is 1.56. The molecular weight excluding hydrogens is 410 g/mol. The summed E-state index contributed by atoms with van der Waals surface area (Å²) in [6, 6.07) is 23.5. The number of benzene rings is 3. The minimum Gasteiger partial charge on any atom is -0.358 e. The number of H-pyrrole nitrogens is 2. The second-order valence-electron chi connectivity index (χ2n) is 8.74. The Hall–Kier alpha value is -4.12. The summed E-state index contributed by atoms with van der Waals surface area (Å²) in [5.41, 5.74) is 7.39. The lowest BCUT2D eigenvalue weighted by Gasteiger charge is -2.24. The minimum atomic E-state index is -0.226. The molecule has 0 fully saturated rings. The number of imide groups is 1. The summed E-state index contributed by atoms with van der Waals surface area (Å²) in [5.74, 6) is -0.634. The van der Waals surface area contributed by atoms with Crippen LogP contribution in [0.1, 0.15) is 49.1 Å². The Morgan fingerprint density at radius 3 is 1.58 bits per heavy atom. The summed E-state index contributed by atoms with van der Waals surface area (Å²) in [4.78, 5) is 35.0. The van der Waals surface area contributed by atoms with Crippen molar-refractivity contribution in [3.05, 3.63) is 106 Å². The van der Waals surface area contributed by atoms with Gasteiger partial charge in [-0.15, -0.1) is 0 Å². The van der Waals surface area contributed by atoms with Crippen LogP contribution in [-0.4, -0.2) is 33.2 Å². The zero-order valence-corrected chi connectivity index (χ0v) is 18.5. The van der Waals surface area contributed by atoms with Crippen molar-refractivity contribution in [2.24, 2.45) is 0 Å². The first kappa shape index (κ1) is 19.6. The second kappa shape index (κ2) is 7.20. The van der Waals surface area contributed by atoms with Gasteiger partial charge in [-0.2, -0.15) is 0 Å². The molecule has 5 heteroatoms. The monoisotopic (exact) mass is 433 g/mol. The highest BCUT2D eigenvalue weighted by molar-refractivity contribution is 6.21. The van der Waals surface area contributed by atoms with Gasteiger partial charge in [0.25, 0.3) is 11.8 Å². The van der Waals surface area contributed by atoms with Crippen LogP contribution in [0.25, 0.3) is 21.8 Å². The molecule has 5 nitrogen and oxygen atoms in total. The fourth-order valence-electron chi connectivity index (χ4n) is 5.41. The van der Waals surface area contributed by atoms with E-state index in [0.717, 1.165) is 44.3 Å². The van der Waals surface area contributed by atoms with Crippen LogP contribution >= 0.6 is 0 Å². The van der Waals surface area contributed by atoms with E-state index in [9.17, 15) is 9.59 Å². The van der Waals surface area contributed by atoms with E-state index < -0.39 is 0 Å². The number of hydrogen-bond donors (Lipinski definition) is 2. The van der Waals surface area contributed by atoms with Crippen LogP contribution in [0.4, 0.5) is 0 Å². The molecule has 3 aromatic carbocycles. The fraction of sp³-hybridized carbons (Fsp3) is 0.143. The SMILES string of the molecule is Cc1[nH]c2ccccc2c1C(CN1C(=O)c2ccccc2C1=O)c1c(C)[nH]c2ccccc12. The first-order valence-corrected chi connectivity index (χ1v) is 11.1. The van der Waals surface area contributed by atoms with Crippen LogP contribution in [-0.2, 0) is 0 Å². The predicted molar refractivity (Wildman–Crippen MR) is 130 cm³/mol. The number of para-hydroxylation sites is 2. The van der Waals surface area contributed by atoms with Crippen molar-refractivity contribution < 1.29 is 9.59 Å². The summed E-state index contributed by atoms with van der Waals surface area (Å²) in [5, 5.41) is 2.22. The van der Waals surface area contributed by atoms with Crippen molar-refractivity contribution in [1.29, 1.82) is 0 Å². The van der Waals surface area contributed by atoms with Crippen LogP contribution in [0.15, 0.2) is 72.8 Å². The molecule has 2 amide bonds. The number of nitrogens with one attached hydrogen (secondary N) is 2. The third kappa shape index (κ3) is 2.85. The number of hydrogen-bond acceptors (Lipinski definition) is 2. The number of nitrogens with zero attached hydrogens (tertiary/aromatic N) is 1. The number of aromatic nitrogens is 2. The molecule has 0 radical (unpaired) electrons. The summed E-state index contributed by atoms with van der Waals surface area (Å²) >= 11 is 0. The van der Waals surface area contributed by atoms with Gasteiger partial charge in [-0.25, -0.2) is 0 Å². The highest BCUT2D eigenvalue weighted by Crippen LogP contribution is 2.40. The van der Waals surface area contributed by atoms with Gasteiger partial charge in [-0.3, -0.25) is 14.5 Å². The van der Waals surface area contributed by atoms with Crippen molar-refractivity contribution in [2.45, 2.75) is 19.8 Å². The molecule has 6 rings (SSSR count). The molecule has 5 aromatic rings. The smallest absolute Gasteiger partial charge is 0.261 e. The number of carbonyl (C=O) groups excluding carboxylic acids is 2. The standard InChI is InChI=1S/C28H23N3O2/c1-16-25(20-11-5-7-13-23(20)29-16)22(26-17(2)30-24-14-8-6-12-21(24)26)15-31-27(32)18-9-3-4-10-19(18)28(31)33/h3-14,22,29-30H,15H2,1-2H3. The molecule has 0 bridgehead atoms. The Morgan fingerprint density at radius 2 is 1.09 bits per heavy atom. The Morgan fingerprint density at radius 1 is 0.667 bits per heavy atom. The largest absolute Gasteiger partial charge is 0.358 e. The number of aryl methyl sites for hydroxylation is 2. The lowest BCUT2D eigenvalue weighted by atomic mass is 9.87. The molecule has 0 unspecified atom stereocenters. The summed E-state index contributed by atoms with van der Waals surface area (Å²) in [6.45, 7) is 4.40. The quantitative estimate of drug-likeness (QED) is 0.357. The van der Waals surface area contributed by atoms with Crippen molar-refractivity contribution in [3.63, 3.8) is 0 Å². The van der Waals surface area contributed by atoms with E-state index in [0.29, 0.717) is 11.1 Å². The van der Waals surface area contributed by atoms with Gasteiger partial charge < -0.3 is 9.97 Å². The predicted octanol–water partition coefficient (Wildman–Crippen LogP) is 5.69. The molecule has 2 N–H and O–H groups in total. The molecule has 1 aliphatic heterocycles. The number of aromatic amines is 2. The van der Waals surface area contributed by atoms with Gasteiger partial charge in [0.2, 0.25) is 0 Å². The van der Waals surface area contributed by atoms with Gasteiger partial charge in [0.05, 0.1) is 11.1 Å². The average Bonchev–Trinajstić information content (AvgIpc) is 3.42. The fourth-order valence-corrected chi connectivity index (χ4v) is 5.41. The number of amides is 2. The first-order valence-electron chi connectivity index (χ1n) is 11.1. The number of rotatable bonds is 4. The van der Waals surface area contributed by atoms with Crippen LogP contribution < -0.4 is 0 Å². The van der Waals surface area contributed by atoms with Crippen LogP contribution in [0.2, 0.25) is 0 Å². The molecule has 0 aliphatic carbocycles. The van der Waals surface area contributed by atoms with Crippen molar-refractivity contribution in [2.75, 3.05) is 6.54 Å². The van der Waals surface area contributed by atoms with Gasteiger partial charge >= 0.3 is 0 Å². The second-order valence-corrected chi connectivity index (χ2v) is 8.74. The summed E-state index contributed by atoms with van der Waals surface area (Å²) in [6.07, 6.45) is 0. The normalized spacial score (nSPS) is 13.6. The van der Waals surface area contributed by atoms with E-state index >= 15 is 0 Å². The number of fused-ring (bicyclic) bond motifs is 3. The zero-order valence-electron chi connectivity index (χ0n) is 18.5. The summed E-state index contributed by atoms with van der Waals surface area (Å²) < 4.78 is 0. The molecule has 2 aromatic heterocycles. The van der Waals surface area contributed by atoms with E-state index in [1.165, 1.54) is 4.90 Å². The number of carbonyl (C=O) groups is 2. The lowest BCUT2D eigenvalue weighted by Crippen LogP contribution is -2.34. The van der Waals surface area contributed by atoms with Gasteiger partial charge in [0.15, 0.2) is 0 Å². The zero-order chi connectivity index (χ0) is 22.7. The maximum absolute atomic E-state index is 13.3. The van der Waals surface area contributed by atoms with E-state index in [-0.39, 0.29) is 24.3 Å². The highest BCUT2D eigenvalue weighted by atomic mass is 16.2. The third-order valence-corrected chi connectivity index (χ3v) is 6.83. The minimum absolute atomic E-state index is 0.181. The maximum Gasteiger partial charge on any atom is 0.261 e. The van der Waals surface area contributed by atoms with Crippen molar-refractivity contribution >= 4 is 33.6 Å². The van der Waals surface area contributed by atoms with Gasteiger partial charge in [0, 0.05) is 45.7 Å². The van der Waals surface area contributed by atoms with Crippen LogP contribution in [0.5, 0.6) is 0 Å². The molecule has 33 heavy (non-hydrogen) atoms. The lowest BCUT2D eigenvalue weighted by molar-refractivity contribution is 0.0649. The average molecular weight is 434 g/mol. The van der Waals surface area contributed by atoms with E-state index in [1.54, 1.807) is 24.3 Å².